The van der Waals surface area contributed by atoms with Gasteiger partial charge < -0.3 is 9.47 Å². The molecule has 152 valence electrons. The number of carbonyl (C=O) groups excluding carboxylic acids is 5. The molecule has 1 aromatic rings. The predicted molar refractivity (Wildman–Crippen MR) is 101 cm³/mol. The summed E-state index contributed by atoms with van der Waals surface area (Å²) in [4.78, 5) is 58.7. The summed E-state index contributed by atoms with van der Waals surface area (Å²) >= 11 is 0. The molecule has 0 aliphatic heterocycles. The van der Waals surface area contributed by atoms with E-state index in [9.17, 15) is 24.0 Å². The number of esters is 2. The number of rotatable bonds is 13. The summed E-state index contributed by atoms with van der Waals surface area (Å²) in [6.45, 7) is 3.99. The van der Waals surface area contributed by atoms with Gasteiger partial charge in [0.25, 0.3) is 0 Å². The van der Waals surface area contributed by atoms with E-state index < -0.39 is 0 Å². The van der Waals surface area contributed by atoms with Crippen LogP contribution in [0.4, 0.5) is 0 Å². The lowest BCUT2D eigenvalue weighted by Gasteiger charge is -2.08. The van der Waals surface area contributed by atoms with Crippen molar-refractivity contribution in [2.75, 3.05) is 13.2 Å². The molecule has 0 heterocycles. The third-order valence-electron chi connectivity index (χ3n) is 3.98. The maximum absolute atomic E-state index is 12.4. The summed E-state index contributed by atoms with van der Waals surface area (Å²) in [7, 11) is 0. The van der Waals surface area contributed by atoms with Crippen molar-refractivity contribution in [3.05, 3.63) is 34.9 Å². The van der Waals surface area contributed by atoms with Crippen molar-refractivity contribution in [2.45, 2.75) is 52.4 Å². The molecule has 0 amide bonds. The van der Waals surface area contributed by atoms with Gasteiger partial charge in [-0.25, -0.2) is 0 Å². The smallest absolute Gasteiger partial charge is 0.305 e. The molecule has 0 aliphatic rings. The van der Waals surface area contributed by atoms with Gasteiger partial charge in [0.15, 0.2) is 17.9 Å². The van der Waals surface area contributed by atoms with Gasteiger partial charge in [0.2, 0.25) is 0 Å². The topological polar surface area (TPSA) is 104 Å². The van der Waals surface area contributed by atoms with Gasteiger partial charge in [-0.15, -0.1) is 0 Å². The molecule has 7 heteroatoms. The summed E-state index contributed by atoms with van der Waals surface area (Å²) in [5.41, 5.74) is 0.669. The van der Waals surface area contributed by atoms with Gasteiger partial charge in [-0.3, -0.25) is 24.0 Å². The van der Waals surface area contributed by atoms with Gasteiger partial charge in [0, 0.05) is 42.4 Å². The predicted octanol–water partition coefficient (Wildman–Crippen LogP) is 3.33. The van der Waals surface area contributed by atoms with Crippen molar-refractivity contribution in [2.24, 2.45) is 0 Å². The van der Waals surface area contributed by atoms with Crippen LogP contribution in [-0.4, -0.2) is 43.0 Å². The number of hydrogen-bond acceptors (Lipinski definition) is 7. The molecule has 0 bridgehead atoms. The minimum atomic E-state index is -0.378. The largest absolute Gasteiger partial charge is 0.466 e. The SMILES string of the molecule is CCOC(=O)CCCC(=O)c1ccc(C=O)c(C(=O)CCCC(=O)OCC)c1. The second kappa shape index (κ2) is 12.5. The summed E-state index contributed by atoms with van der Waals surface area (Å²) in [5, 5.41) is 0. The molecule has 1 rings (SSSR count). The van der Waals surface area contributed by atoms with Gasteiger partial charge in [-0.05, 0) is 32.8 Å². The van der Waals surface area contributed by atoms with Crippen LogP contribution in [0.5, 0.6) is 0 Å². The van der Waals surface area contributed by atoms with E-state index >= 15 is 0 Å². The Hall–Kier alpha value is -2.83. The van der Waals surface area contributed by atoms with Crippen LogP contribution in [-0.2, 0) is 19.1 Å². The normalized spacial score (nSPS) is 10.2. The average Bonchev–Trinajstić information content (AvgIpc) is 2.67. The lowest BCUT2D eigenvalue weighted by molar-refractivity contribution is -0.144. The van der Waals surface area contributed by atoms with Crippen molar-refractivity contribution in [1.82, 2.24) is 0 Å². The van der Waals surface area contributed by atoms with Crippen LogP contribution in [0.1, 0.15) is 83.4 Å². The van der Waals surface area contributed by atoms with Gasteiger partial charge >= 0.3 is 11.9 Å². The first-order valence-electron chi connectivity index (χ1n) is 9.39. The molecule has 0 saturated carbocycles. The number of ether oxygens (including phenoxy) is 2. The molecule has 0 fully saturated rings. The Balaban J connectivity index is 2.72. The number of carbonyl (C=O) groups is 5. The highest BCUT2D eigenvalue weighted by Gasteiger charge is 2.16. The van der Waals surface area contributed by atoms with E-state index in [1.54, 1.807) is 13.8 Å². The number of ketones is 2. The van der Waals surface area contributed by atoms with E-state index in [0.29, 0.717) is 31.3 Å². The Morgan fingerprint density at radius 3 is 1.86 bits per heavy atom. The van der Waals surface area contributed by atoms with Gasteiger partial charge in [-0.1, -0.05) is 12.1 Å². The molecule has 0 radical (unpaired) electrons. The second-order valence-electron chi connectivity index (χ2n) is 6.08. The number of benzene rings is 1. The zero-order chi connectivity index (χ0) is 20.9. The first-order valence-corrected chi connectivity index (χ1v) is 9.39. The Bertz CT molecular complexity index is 721. The van der Waals surface area contributed by atoms with Crippen LogP contribution in [0.3, 0.4) is 0 Å². The van der Waals surface area contributed by atoms with Crippen LogP contribution in [0, 0.1) is 0 Å². The van der Waals surface area contributed by atoms with E-state index in [1.807, 2.05) is 0 Å². The van der Waals surface area contributed by atoms with Crippen molar-refractivity contribution in [3.63, 3.8) is 0 Å². The quantitative estimate of drug-likeness (QED) is 0.289. The van der Waals surface area contributed by atoms with E-state index in [2.05, 4.69) is 0 Å². The number of hydrogen-bond donors (Lipinski definition) is 0. The standard InChI is InChI=1S/C21H26O7/c1-3-27-20(25)9-5-7-18(23)15-11-12-16(14-22)17(13-15)19(24)8-6-10-21(26)28-4-2/h11-14H,3-10H2,1-2H3. The Labute approximate surface area is 164 Å². The molecule has 1 aromatic carbocycles. The molecule has 0 aromatic heterocycles. The minimum Gasteiger partial charge on any atom is -0.466 e. The summed E-state index contributed by atoms with van der Waals surface area (Å²) in [6.07, 6.45) is 1.67. The van der Waals surface area contributed by atoms with E-state index in [1.165, 1.54) is 18.2 Å². The molecule has 7 nitrogen and oxygen atoms in total. The maximum atomic E-state index is 12.4. The van der Waals surface area contributed by atoms with E-state index in [4.69, 9.17) is 9.47 Å². The highest BCUT2D eigenvalue weighted by atomic mass is 16.5. The third-order valence-corrected chi connectivity index (χ3v) is 3.98. The van der Waals surface area contributed by atoms with Gasteiger partial charge in [0.05, 0.1) is 13.2 Å². The molecule has 0 atom stereocenters. The van der Waals surface area contributed by atoms with Gasteiger partial charge in [-0.2, -0.15) is 0 Å². The third kappa shape index (κ3) is 7.82. The first-order chi connectivity index (χ1) is 13.4. The summed E-state index contributed by atoms with van der Waals surface area (Å²) in [5.74, 6) is -1.27. The van der Waals surface area contributed by atoms with Crippen molar-refractivity contribution >= 4 is 29.8 Å². The van der Waals surface area contributed by atoms with Crippen LogP contribution in [0.2, 0.25) is 0 Å². The fourth-order valence-corrected chi connectivity index (χ4v) is 2.61. The first kappa shape index (κ1) is 23.2. The summed E-state index contributed by atoms with van der Waals surface area (Å²) < 4.78 is 9.62. The molecule has 0 aliphatic carbocycles. The molecular formula is C21H26O7. The molecule has 28 heavy (non-hydrogen) atoms. The monoisotopic (exact) mass is 390 g/mol. The zero-order valence-corrected chi connectivity index (χ0v) is 16.3. The molecule has 0 saturated heterocycles. The van der Waals surface area contributed by atoms with E-state index in [0.717, 1.165) is 0 Å². The van der Waals surface area contributed by atoms with Crippen molar-refractivity contribution in [3.8, 4) is 0 Å². The van der Waals surface area contributed by atoms with Crippen LogP contribution >= 0.6 is 0 Å². The highest BCUT2D eigenvalue weighted by Crippen LogP contribution is 2.17. The molecular weight excluding hydrogens is 364 g/mol. The number of aldehydes is 1. The van der Waals surface area contributed by atoms with E-state index in [-0.39, 0.29) is 66.9 Å². The Morgan fingerprint density at radius 2 is 1.36 bits per heavy atom. The molecule has 0 N–H and O–H groups in total. The van der Waals surface area contributed by atoms with Gasteiger partial charge in [0.1, 0.15) is 0 Å². The van der Waals surface area contributed by atoms with Crippen LogP contribution < -0.4 is 0 Å². The highest BCUT2D eigenvalue weighted by molar-refractivity contribution is 6.06. The second-order valence-corrected chi connectivity index (χ2v) is 6.08. The lowest BCUT2D eigenvalue weighted by atomic mass is 9.95. The average molecular weight is 390 g/mol. The maximum Gasteiger partial charge on any atom is 0.305 e. The fourth-order valence-electron chi connectivity index (χ4n) is 2.61. The Morgan fingerprint density at radius 1 is 0.821 bits per heavy atom. The minimum absolute atomic E-state index is 0.0696. The Kier molecular flexibility index (Phi) is 10.4. The number of Topliss-reactive ketones (excluding diaryl/α,β-unsaturated/α-hetero) is 2. The van der Waals surface area contributed by atoms with Crippen molar-refractivity contribution < 1.29 is 33.4 Å². The molecule has 0 spiro atoms. The molecule has 0 unspecified atom stereocenters. The van der Waals surface area contributed by atoms with Crippen LogP contribution in [0.15, 0.2) is 18.2 Å². The zero-order valence-electron chi connectivity index (χ0n) is 16.3. The fraction of sp³-hybridized carbons (Fsp3) is 0.476. The lowest BCUT2D eigenvalue weighted by Crippen LogP contribution is -2.10. The van der Waals surface area contributed by atoms with Crippen molar-refractivity contribution in [1.29, 1.82) is 0 Å². The summed E-state index contributed by atoms with van der Waals surface area (Å²) in [6, 6.07) is 4.33. The van der Waals surface area contributed by atoms with Crippen LogP contribution in [0.25, 0.3) is 0 Å².